The number of ether oxygens (including phenoxy) is 2. The summed E-state index contributed by atoms with van der Waals surface area (Å²) >= 11 is 0. The lowest BCUT2D eigenvalue weighted by atomic mass is 10.1. The number of esters is 2. The van der Waals surface area contributed by atoms with E-state index >= 15 is 0 Å². The average molecular weight is 767 g/mol. The lowest BCUT2D eigenvalue weighted by molar-refractivity contribution is -0.147. The van der Waals surface area contributed by atoms with E-state index in [1.165, 1.54) is 5.57 Å². The Morgan fingerprint density at radius 2 is 0.714 bits per heavy atom. The largest absolute Gasteiger partial charge is 0.481 e. The van der Waals surface area contributed by atoms with Crippen LogP contribution in [-0.4, -0.2) is 47.3 Å². The van der Waals surface area contributed by atoms with Gasteiger partial charge in [-0.25, -0.2) is 0 Å². The second-order valence-corrected chi connectivity index (χ2v) is 13.5. The summed E-state index contributed by atoms with van der Waals surface area (Å²) in [7, 11) is 0. The molecule has 0 fully saturated rings. The summed E-state index contributed by atoms with van der Waals surface area (Å²) < 4.78 is 10.2. The minimum atomic E-state index is -1.02. The third-order valence-corrected chi connectivity index (χ3v) is 7.50. The second kappa shape index (κ2) is 31.6. The number of aliphatic carboxylic acids is 2. The third kappa shape index (κ3) is 32.9. The minimum Gasteiger partial charge on any atom is -0.481 e. The normalized spacial score (nSPS) is 14.8. The number of hydrogen-bond acceptors (Lipinski definition) is 6. The van der Waals surface area contributed by atoms with Gasteiger partial charge in [0.25, 0.3) is 0 Å². The quantitative estimate of drug-likeness (QED) is 0.0534. The van der Waals surface area contributed by atoms with Gasteiger partial charge in [0.15, 0.2) is 0 Å². The van der Waals surface area contributed by atoms with E-state index in [-0.39, 0.29) is 38.9 Å². The van der Waals surface area contributed by atoms with Gasteiger partial charge in [0.05, 0.1) is 25.7 Å². The first kappa shape index (κ1) is 50.2. The summed E-state index contributed by atoms with van der Waals surface area (Å²) in [6, 6.07) is 0. The molecule has 0 unspecified atom stereocenters. The molecule has 0 aliphatic rings. The van der Waals surface area contributed by atoms with Crippen LogP contribution in [0.1, 0.15) is 93.9 Å². The van der Waals surface area contributed by atoms with E-state index in [1.54, 1.807) is 0 Å². The zero-order valence-electron chi connectivity index (χ0n) is 34.5. The molecular formula is C48H62O8. The van der Waals surface area contributed by atoms with Crippen LogP contribution in [0.3, 0.4) is 0 Å². The van der Waals surface area contributed by atoms with Crippen molar-refractivity contribution in [3.8, 4) is 0 Å². The number of carboxylic acids is 2. The van der Waals surface area contributed by atoms with Gasteiger partial charge in [0.1, 0.15) is 13.2 Å². The van der Waals surface area contributed by atoms with Crippen molar-refractivity contribution < 1.29 is 38.9 Å². The predicted molar refractivity (Wildman–Crippen MR) is 230 cm³/mol. The van der Waals surface area contributed by atoms with Crippen LogP contribution in [0.25, 0.3) is 0 Å². The van der Waals surface area contributed by atoms with Crippen molar-refractivity contribution >= 4 is 23.9 Å². The van der Waals surface area contributed by atoms with Gasteiger partial charge < -0.3 is 19.7 Å². The molecule has 0 bridgehead atoms. The van der Waals surface area contributed by atoms with E-state index in [2.05, 4.69) is 76.3 Å². The van der Waals surface area contributed by atoms with Crippen molar-refractivity contribution in [1.82, 2.24) is 0 Å². The average Bonchev–Trinajstić information content (AvgIpc) is 3.13. The zero-order valence-corrected chi connectivity index (χ0v) is 34.5. The highest BCUT2D eigenvalue weighted by Crippen LogP contribution is 2.09. The fourth-order valence-electron chi connectivity index (χ4n) is 4.16. The van der Waals surface area contributed by atoms with E-state index in [0.29, 0.717) is 0 Å². The van der Waals surface area contributed by atoms with Gasteiger partial charge in [0.2, 0.25) is 0 Å². The molecule has 0 rings (SSSR count). The highest BCUT2D eigenvalue weighted by atomic mass is 16.5. The molecule has 0 aliphatic heterocycles. The van der Waals surface area contributed by atoms with Gasteiger partial charge in [-0.3, -0.25) is 19.2 Å². The molecule has 0 atom stereocenters. The predicted octanol–water partition coefficient (Wildman–Crippen LogP) is 11.5. The molecule has 302 valence electrons. The summed E-state index contributed by atoms with van der Waals surface area (Å²) in [6.45, 7) is 16.4. The van der Waals surface area contributed by atoms with E-state index in [1.807, 2.05) is 101 Å². The highest BCUT2D eigenvalue weighted by Gasteiger charge is 2.07. The first-order chi connectivity index (χ1) is 26.6. The lowest BCUT2D eigenvalue weighted by Gasteiger charge is -2.04. The Morgan fingerprint density at radius 3 is 1.09 bits per heavy atom. The summed E-state index contributed by atoms with van der Waals surface area (Å²) in [5.41, 5.74) is 8.61. The number of hydrogen-bond donors (Lipinski definition) is 2. The van der Waals surface area contributed by atoms with E-state index in [4.69, 9.17) is 19.7 Å². The van der Waals surface area contributed by atoms with Crippen molar-refractivity contribution in [2.75, 3.05) is 13.2 Å². The number of rotatable bonds is 25. The number of carbonyl (C=O) groups excluding carboxylic acids is 2. The fraction of sp³-hybridized carbons (Fsp3) is 0.333. The van der Waals surface area contributed by atoms with Crippen molar-refractivity contribution in [3.63, 3.8) is 0 Å². The van der Waals surface area contributed by atoms with Gasteiger partial charge in [-0.15, -0.1) is 0 Å². The van der Waals surface area contributed by atoms with Crippen LogP contribution in [0.2, 0.25) is 0 Å². The second-order valence-electron chi connectivity index (χ2n) is 13.5. The molecule has 56 heavy (non-hydrogen) atoms. The molecule has 0 heterocycles. The molecule has 0 aliphatic carbocycles. The Morgan fingerprint density at radius 1 is 0.393 bits per heavy atom. The van der Waals surface area contributed by atoms with Crippen LogP contribution in [0.5, 0.6) is 0 Å². The number of carboxylic acid groups (broad SMARTS) is 2. The number of carbonyl (C=O) groups is 4. The van der Waals surface area contributed by atoms with Crippen LogP contribution in [0, 0.1) is 0 Å². The molecule has 0 aromatic heterocycles. The summed E-state index contributed by atoms with van der Waals surface area (Å²) in [6.07, 6.45) is 41.5. The van der Waals surface area contributed by atoms with Crippen molar-refractivity contribution in [2.45, 2.75) is 93.9 Å². The van der Waals surface area contributed by atoms with Crippen molar-refractivity contribution in [3.05, 3.63) is 166 Å². The first-order valence-corrected chi connectivity index (χ1v) is 18.7. The molecule has 0 aromatic rings. The Hall–Kier alpha value is -5.76. The van der Waals surface area contributed by atoms with Crippen LogP contribution in [0.15, 0.2) is 166 Å². The van der Waals surface area contributed by atoms with Crippen molar-refractivity contribution in [2.24, 2.45) is 0 Å². The molecule has 8 nitrogen and oxygen atoms in total. The molecule has 0 radical (unpaired) electrons. The van der Waals surface area contributed by atoms with Crippen LogP contribution >= 0.6 is 0 Å². The molecule has 0 spiro atoms. The smallest absolute Gasteiger partial charge is 0.306 e. The Bertz CT molecular complexity index is 1740. The third-order valence-electron chi connectivity index (χ3n) is 7.50. The van der Waals surface area contributed by atoms with Gasteiger partial charge in [-0.1, -0.05) is 155 Å². The van der Waals surface area contributed by atoms with Crippen LogP contribution < -0.4 is 0 Å². The maximum Gasteiger partial charge on any atom is 0.306 e. The molecule has 8 heteroatoms. The van der Waals surface area contributed by atoms with Gasteiger partial charge >= 0.3 is 23.9 Å². The minimum absolute atomic E-state index is 0.111. The lowest BCUT2D eigenvalue weighted by Crippen LogP contribution is -2.08. The van der Waals surface area contributed by atoms with Crippen molar-refractivity contribution in [1.29, 1.82) is 0 Å². The maximum atomic E-state index is 11.5. The summed E-state index contributed by atoms with van der Waals surface area (Å²) in [4.78, 5) is 44.1. The topological polar surface area (TPSA) is 127 Å². The van der Waals surface area contributed by atoms with Gasteiger partial charge in [-0.2, -0.15) is 0 Å². The SMILES string of the molecule is CC(/C=C/C=C(C)/C=C/C=C(C)/C=C/C=C(\C)COC(=O)CCC(=O)O)=C\C=C\C=C(C)\C=C\C=C(C)\C=C\C=C(/C)CC/C=C(\C)COC(=O)CCC(=O)O. The molecular weight excluding hydrogens is 705 g/mol. The summed E-state index contributed by atoms with van der Waals surface area (Å²) in [5.74, 6) is -3.04. The van der Waals surface area contributed by atoms with E-state index < -0.39 is 23.9 Å². The van der Waals surface area contributed by atoms with E-state index in [0.717, 1.165) is 51.9 Å². The number of allylic oxidation sites excluding steroid dienone is 26. The Kier molecular flexibility index (Phi) is 28.3. The fourth-order valence-corrected chi connectivity index (χ4v) is 4.16. The van der Waals surface area contributed by atoms with E-state index in [9.17, 15) is 19.2 Å². The Balaban J connectivity index is 4.73. The first-order valence-electron chi connectivity index (χ1n) is 18.7. The standard InChI is InChI=1S/C48H62O8/c1-37(19-11-21-39(3)23-13-25-41(5)27-15-29-43(7)35-55-47(53)33-31-45(49)50)17-9-10-18-38(2)20-12-22-40(4)24-14-26-42(6)28-16-30-44(8)36-56-48(54)34-32-46(51)52/h9-15,17-27,29-30H,16,28,31-36H2,1-8H3,(H,49,50)(H,51,52)/b10-9+,19-11+,20-12+,23-13+,24-14+,27-15+,37-17+,38-18+,39-21+,40-22+,41-25+,42-26+,43-29+,44-30+. The van der Waals surface area contributed by atoms with Gasteiger partial charge in [0, 0.05) is 0 Å². The maximum absolute atomic E-state index is 11.5. The van der Waals surface area contributed by atoms with Crippen LogP contribution in [-0.2, 0) is 28.7 Å². The Labute approximate surface area is 335 Å². The van der Waals surface area contributed by atoms with Gasteiger partial charge in [-0.05, 0) is 79.4 Å². The van der Waals surface area contributed by atoms with Crippen LogP contribution in [0.4, 0.5) is 0 Å². The zero-order chi connectivity index (χ0) is 42.1. The molecule has 0 saturated heterocycles. The molecule has 0 amide bonds. The highest BCUT2D eigenvalue weighted by molar-refractivity contribution is 5.77. The summed E-state index contributed by atoms with van der Waals surface area (Å²) in [5, 5.41) is 17.3. The molecule has 2 N–H and O–H groups in total. The molecule has 0 saturated carbocycles. The monoisotopic (exact) mass is 766 g/mol. The molecule has 0 aromatic carbocycles.